The number of nitrogens with zero attached hydrogens (tertiary/aromatic N) is 2. The molecule has 1 amide bonds. The molecule has 8 nitrogen and oxygen atoms in total. The second-order valence-electron chi connectivity index (χ2n) is 9.61. The number of benzene rings is 1. The molecule has 3 rings (SSSR count). The fraction of sp³-hybridized carbons (Fsp3) is 0.560. The van der Waals surface area contributed by atoms with Crippen molar-refractivity contribution >= 4 is 11.9 Å². The maximum Gasteiger partial charge on any atom is 0.305 e. The Kier molecular flexibility index (Phi) is 8.30. The molecular formula is C25H34FN3O5. The summed E-state index contributed by atoms with van der Waals surface area (Å²) in [5.41, 5.74) is -1.08. The lowest BCUT2D eigenvalue weighted by molar-refractivity contribution is -0.137. The second kappa shape index (κ2) is 11.0. The second-order valence-corrected chi connectivity index (χ2v) is 9.61. The van der Waals surface area contributed by atoms with Crippen LogP contribution in [0, 0.1) is 17.7 Å². The van der Waals surface area contributed by atoms with E-state index in [4.69, 9.17) is 4.74 Å². The quantitative estimate of drug-likeness (QED) is 0.480. The maximum absolute atomic E-state index is 14.5. The van der Waals surface area contributed by atoms with Crippen molar-refractivity contribution in [2.75, 3.05) is 6.61 Å². The van der Waals surface area contributed by atoms with Crippen molar-refractivity contribution in [2.45, 2.75) is 70.9 Å². The van der Waals surface area contributed by atoms with Gasteiger partial charge in [-0.25, -0.2) is 4.39 Å². The predicted octanol–water partition coefficient (Wildman–Crippen LogP) is 3.95. The summed E-state index contributed by atoms with van der Waals surface area (Å²) in [5, 5.41) is 27.0. The minimum atomic E-state index is -1.15. The van der Waals surface area contributed by atoms with E-state index in [-0.39, 0.29) is 42.1 Å². The van der Waals surface area contributed by atoms with Gasteiger partial charge in [0, 0.05) is 12.1 Å². The summed E-state index contributed by atoms with van der Waals surface area (Å²) >= 11 is 0. The number of nitrogens with one attached hydrogen (secondary N) is 1. The number of hydrogen-bond donors (Lipinski definition) is 3. The van der Waals surface area contributed by atoms with Gasteiger partial charge in [0.1, 0.15) is 18.1 Å². The number of halogens is 1. The van der Waals surface area contributed by atoms with Crippen molar-refractivity contribution < 1.29 is 28.9 Å². The van der Waals surface area contributed by atoms with Gasteiger partial charge >= 0.3 is 5.97 Å². The first-order valence-electron chi connectivity index (χ1n) is 11.8. The van der Waals surface area contributed by atoms with Crippen molar-refractivity contribution in [3.8, 4) is 11.6 Å². The molecule has 1 aromatic carbocycles. The first-order valence-corrected chi connectivity index (χ1v) is 11.8. The molecule has 2 unspecified atom stereocenters. The Morgan fingerprint density at radius 2 is 1.94 bits per heavy atom. The molecule has 0 spiro atoms. The van der Waals surface area contributed by atoms with Crippen LogP contribution in [0.4, 0.5) is 4.39 Å². The smallest absolute Gasteiger partial charge is 0.305 e. The van der Waals surface area contributed by atoms with Crippen molar-refractivity contribution in [1.29, 1.82) is 0 Å². The molecule has 0 bridgehead atoms. The zero-order valence-corrected chi connectivity index (χ0v) is 20.0. The van der Waals surface area contributed by atoms with Gasteiger partial charge in [-0.05, 0) is 43.7 Å². The first kappa shape index (κ1) is 25.7. The van der Waals surface area contributed by atoms with Crippen LogP contribution in [0.25, 0.3) is 5.69 Å². The zero-order valence-electron chi connectivity index (χ0n) is 20.0. The van der Waals surface area contributed by atoms with Crippen LogP contribution in [0.15, 0.2) is 30.3 Å². The normalized spacial score (nSPS) is 17.2. The van der Waals surface area contributed by atoms with E-state index in [9.17, 15) is 24.2 Å². The number of para-hydroxylation sites is 1. The molecular weight excluding hydrogens is 441 g/mol. The van der Waals surface area contributed by atoms with Crippen molar-refractivity contribution in [2.24, 2.45) is 11.8 Å². The standard InChI is InChI=1S/C25H34FN3O5/c1-16(2)25(3,33)15-34-22-13-20(28-29(22)21-12-8-7-11-18(21)26)24(32)27-19(14-23(30)31)17-9-5-4-6-10-17/h7-8,11-13,16-17,19,33H,4-6,9-10,14-15H2,1-3H3,(H,27,32)(H,30,31). The van der Waals surface area contributed by atoms with Crippen molar-refractivity contribution in [3.05, 3.63) is 41.8 Å². The number of carbonyl (C=O) groups excluding carboxylic acids is 1. The van der Waals surface area contributed by atoms with Crippen LogP contribution >= 0.6 is 0 Å². The average Bonchev–Trinajstić information content (AvgIpc) is 3.22. The lowest BCUT2D eigenvalue weighted by Crippen LogP contribution is -2.42. The maximum atomic E-state index is 14.5. The van der Waals surface area contributed by atoms with E-state index in [2.05, 4.69) is 10.4 Å². The van der Waals surface area contributed by atoms with Crippen LogP contribution in [0.3, 0.4) is 0 Å². The van der Waals surface area contributed by atoms with Gasteiger partial charge in [-0.1, -0.05) is 45.2 Å². The Hall–Kier alpha value is -2.94. The fourth-order valence-electron chi connectivity index (χ4n) is 4.06. The molecule has 1 saturated carbocycles. The SMILES string of the molecule is CC(C)C(C)(O)COc1cc(C(=O)NC(CC(=O)O)C2CCCCC2)nn1-c1ccccc1F. The minimum absolute atomic E-state index is 0.0198. The van der Waals surface area contributed by atoms with Crippen LogP contribution in [0.1, 0.15) is 69.8 Å². The Morgan fingerprint density at radius 1 is 1.26 bits per heavy atom. The van der Waals surface area contributed by atoms with Gasteiger partial charge in [0.15, 0.2) is 5.69 Å². The molecule has 1 aliphatic carbocycles. The summed E-state index contributed by atoms with van der Waals surface area (Å²) in [4.78, 5) is 24.5. The van der Waals surface area contributed by atoms with Gasteiger partial charge in [-0.15, -0.1) is 0 Å². The van der Waals surface area contributed by atoms with Gasteiger partial charge in [0.05, 0.1) is 12.0 Å². The zero-order chi connectivity index (χ0) is 24.9. The molecule has 1 fully saturated rings. The molecule has 1 aromatic heterocycles. The molecule has 2 atom stereocenters. The van der Waals surface area contributed by atoms with E-state index < -0.39 is 29.3 Å². The number of aliphatic carboxylic acids is 1. The molecule has 1 aliphatic rings. The Morgan fingerprint density at radius 3 is 2.56 bits per heavy atom. The summed E-state index contributed by atoms with van der Waals surface area (Å²) in [7, 11) is 0. The highest BCUT2D eigenvalue weighted by molar-refractivity contribution is 5.93. The molecule has 0 aliphatic heterocycles. The number of carboxylic acids is 1. The van der Waals surface area contributed by atoms with Crippen molar-refractivity contribution in [1.82, 2.24) is 15.1 Å². The van der Waals surface area contributed by atoms with Gasteiger partial charge in [0.2, 0.25) is 5.88 Å². The van der Waals surface area contributed by atoms with Crippen LogP contribution in [0.5, 0.6) is 5.88 Å². The molecule has 0 radical (unpaired) electrons. The van der Waals surface area contributed by atoms with Crippen LogP contribution in [0.2, 0.25) is 0 Å². The van der Waals surface area contributed by atoms with E-state index >= 15 is 0 Å². The summed E-state index contributed by atoms with van der Waals surface area (Å²) in [6.07, 6.45) is 4.67. The molecule has 34 heavy (non-hydrogen) atoms. The Balaban J connectivity index is 1.88. The van der Waals surface area contributed by atoms with Crippen molar-refractivity contribution in [3.63, 3.8) is 0 Å². The van der Waals surface area contributed by atoms with Crippen LogP contribution in [-0.4, -0.2) is 50.1 Å². The number of amides is 1. The molecule has 186 valence electrons. The van der Waals surface area contributed by atoms with E-state index in [1.54, 1.807) is 19.1 Å². The van der Waals surface area contributed by atoms with E-state index in [1.165, 1.54) is 22.9 Å². The third kappa shape index (κ3) is 6.34. The number of ether oxygens (including phenoxy) is 1. The van der Waals surface area contributed by atoms with Gasteiger partial charge in [-0.3, -0.25) is 9.59 Å². The fourth-order valence-corrected chi connectivity index (χ4v) is 4.06. The molecule has 1 heterocycles. The number of aliphatic hydroxyl groups is 1. The summed E-state index contributed by atoms with van der Waals surface area (Å²) < 4.78 is 21.5. The molecule has 0 saturated heterocycles. The number of carbonyl (C=O) groups is 2. The van der Waals surface area contributed by atoms with E-state index in [0.29, 0.717) is 0 Å². The topological polar surface area (TPSA) is 114 Å². The number of rotatable bonds is 10. The van der Waals surface area contributed by atoms with E-state index in [1.807, 2.05) is 13.8 Å². The average molecular weight is 476 g/mol. The Labute approximate surface area is 199 Å². The van der Waals surface area contributed by atoms with Gasteiger partial charge < -0.3 is 20.3 Å². The predicted molar refractivity (Wildman–Crippen MR) is 125 cm³/mol. The number of aromatic nitrogens is 2. The lowest BCUT2D eigenvalue weighted by Gasteiger charge is -2.29. The largest absolute Gasteiger partial charge is 0.481 e. The lowest BCUT2D eigenvalue weighted by atomic mass is 9.82. The summed E-state index contributed by atoms with van der Waals surface area (Å²) in [6, 6.07) is 6.83. The van der Waals surface area contributed by atoms with Gasteiger partial charge in [0.25, 0.3) is 5.91 Å². The number of carboxylic acid groups (broad SMARTS) is 1. The van der Waals surface area contributed by atoms with Gasteiger partial charge in [-0.2, -0.15) is 9.78 Å². The first-order chi connectivity index (χ1) is 16.1. The minimum Gasteiger partial charge on any atom is -0.481 e. The number of hydrogen-bond acceptors (Lipinski definition) is 5. The Bertz CT molecular complexity index is 998. The van der Waals surface area contributed by atoms with Crippen LogP contribution < -0.4 is 10.1 Å². The highest BCUT2D eigenvalue weighted by atomic mass is 19.1. The highest BCUT2D eigenvalue weighted by Crippen LogP contribution is 2.29. The highest BCUT2D eigenvalue weighted by Gasteiger charge is 2.30. The third-order valence-corrected chi connectivity index (χ3v) is 6.68. The molecule has 2 aromatic rings. The van der Waals surface area contributed by atoms with Crippen LogP contribution in [-0.2, 0) is 4.79 Å². The molecule has 9 heteroatoms. The summed E-state index contributed by atoms with van der Waals surface area (Å²) in [5.74, 6) is -2.00. The van der Waals surface area contributed by atoms with E-state index in [0.717, 1.165) is 32.1 Å². The monoisotopic (exact) mass is 475 g/mol. The third-order valence-electron chi connectivity index (χ3n) is 6.68. The molecule has 3 N–H and O–H groups in total. The summed E-state index contributed by atoms with van der Waals surface area (Å²) in [6.45, 7) is 5.25.